The van der Waals surface area contributed by atoms with Crippen molar-refractivity contribution in [2.45, 2.75) is 13.8 Å². The van der Waals surface area contributed by atoms with Crippen molar-refractivity contribution in [2.75, 3.05) is 33.3 Å². The number of anilines is 1. The minimum Gasteiger partial charge on any atom is -0.493 e. The first kappa shape index (κ1) is 24.3. The third kappa shape index (κ3) is 4.85. The average Bonchev–Trinajstić information content (AvgIpc) is 2.83. The molecule has 178 valence electrons. The summed E-state index contributed by atoms with van der Waals surface area (Å²) in [5.74, 6) is -0.558. The topological polar surface area (TPSA) is 118 Å². The van der Waals surface area contributed by atoms with Crippen molar-refractivity contribution in [1.82, 2.24) is 9.78 Å². The predicted octanol–water partition coefficient (Wildman–Crippen LogP) is 3.00. The number of carbonyl (C=O) groups is 2. The minimum atomic E-state index is -0.787. The average molecular weight is 467 g/mol. The number of nitrogens with zero attached hydrogens (tertiary/aromatic N) is 2. The number of ether oxygens (including phenoxy) is 4. The summed E-state index contributed by atoms with van der Waals surface area (Å²) in [5.41, 5.74) is 0.578. The molecule has 0 radical (unpaired) electrons. The van der Waals surface area contributed by atoms with Crippen LogP contribution in [-0.2, 0) is 4.74 Å². The Morgan fingerprint density at radius 1 is 1.00 bits per heavy atom. The molecule has 0 saturated heterocycles. The zero-order valence-electron chi connectivity index (χ0n) is 19.5. The molecule has 10 heteroatoms. The fraction of sp³-hybridized carbons (Fsp3) is 0.250. The molecule has 1 N–H and O–H groups in total. The fourth-order valence-electron chi connectivity index (χ4n) is 3.28. The molecule has 2 aromatic carbocycles. The highest BCUT2D eigenvalue weighted by molar-refractivity contribution is 6.08. The highest BCUT2D eigenvalue weighted by atomic mass is 16.5. The Bertz CT molecular complexity index is 1260. The summed E-state index contributed by atoms with van der Waals surface area (Å²) in [4.78, 5) is 38.6. The first-order chi connectivity index (χ1) is 16.3. The van der Waals surface area contributed by atoms with Crippen LogP contribution < -0.4 is 25.1 Å². The van der Waals surface area contributed by atoms with Gasteiger partial charge in [-0.15, -0.1) is 0 Å². The Morgan fingerprint density at radius 2 is 1.65 bits per heavy atom. The van der Waals surface area contributed by atoms with E-state index in [0.717, 1.165) is 16.3 Å². The summed E-state index contributed by atoms with van der Waals surface area (Å²) in [6.07, 6.45) is 0. The van der Waals surface area contributed by atoms with Crippen LogP contribution in [0.5, 0.6) is 17.2 Å². The Labute approximate surface area is 196 Å². The summed E-state index contributed by atoms with van der Waals surface area (Å²) < 4.78 is 22.0. The SMILES string of the molecule is CCOC(=O)c1nn(-c2ccccc2C)c(=O)cc1NC(=O)c1cc(OC)c(OC)c(OC)c1. The molecule has 0 aliphatic heterocycles. The van der Waals surface area contributed by atoms with Gasteiger partial charge in [0.25, 0.3) is 11.5 Å². The van der Waals surface area contributed by atoms with E-state index in [-0.39, 0.29) is 35.1 Å². The van der Waals surface area contributed by atoms with Gasteiger partial charge in [-0.25, -0.2) is 4.79 Å². The van der Waals surface area contributed by atoms with Gasteiger partial charge in [-0.3, -0.25) is 9.59 Å². The molecule has 0 atom stereocenters. The van der Waals surface area contributed by atoms with Crippen LogP contribution in [0.1, 0.15) is 33.3 Å². The summed E-state index contributed by atoms with van der Waals surface area (Å²) in [7, 11) is 4.29. The third-order valence-corrected chi connectivity index (χ3v) is 4.92. The van der Waals surface area contributed by atoms with E-state index in [1.807, 2.05) is 19.1 Å². The predicted molar refractivity (Wildman–Crippen MR) is 125 cm³/mol. The molecule has 1 amide bonds. The first-order valence-electron chi connectivity index (χ1n) is 10.3. The summed E-state index contributed by atoms with van der Waals surface area (Å²) in [6.45, 7) is 3.54. The molecule has 0 unspecified atom stereocenters. The molecule has 10 nitrogen and oxygen atoms in total. The molecule has 3 aromatic rings. The lowest BCUT2D eigenvalue weighted by molar-refractivity contribution is 0.0518. The second-order valence-electron chi connectivity index (χ2n) is 7.03. The van der Waals surface area contributed by atoms with Gasteiger partial charge in [0.1, 0.15) is 0 Å². The lowest BCUT2D eigenvalue weighted by atomic mass is 10.1. The largest absolute Gasteiger partial charge is 0.493 e. The number of hydrogen-bond donors (Lipinski definition) is 1. The molecule has 1 aromatic heterocycles. The third-order valence-electron chi connectivity index (χ3n) is 4.92. The van der Waals surface area contributed by atoms with Crippen molar-refractivity contribution in [3.05, 3.63) is 69.6 Å². The van der Waals surface area contributed by atoms with Gasteiger partial charge >= 0.3 is 5.97 Å². The van der Waals surface area contributed by atoms with Crippen molar-refractivity contribution < 1.29 is 28.5 Å². The van der Waals surface area contributed by atoms with E-state index in [1.54, 1.807) is 19.1 Å². The van der Waals surface area contributed by atoms with Crippen molar-refractivity contribution in [3.8, 4) is 22.9 Å². The standard InChI is InChI=1S/C24H25N3O7/c1-6-34-24(30)21-16(13-20(28)27(26-21)17-10-8-7-9-14(17)2)25-23(29)15-11-18(31-3)22(33-5)19(12-15)32-4/h7-13H,6H2,1-5H3,(H,25,29). The van der Waals surface area contributed by atoms with Crippen LogP contribution in [-0.4, -0.2) is 49.6 Å². The number of esters is 1. The highest BCUT2D eigenvalue weighted by Crippen LogP contribution is 2.38. The number of para-hydroxylation sites is 1. The van der Waals surface area contributed by atoms with Crippen LogP contribution in [0.25, 0.3) is 5.69 Å². The second kappa shape index (κ2) is 10.5. The number of carbonyl (C=O) groups excluding carboxylic acids is 2. The molecule has 34 heavy (non-hydrogen) atoms. The van der Waals surface area contributed by atoms with Crippen molar-refractivity contribution in [2.24, 2.45) is 0 Å². The van der Waals surface area contributed by atoms with Gasteiger partial charge in [-0.05, 0) is 37.6 Å². The van der Waals surface area contributed by atoms with E-state index >= 15 is 0 Å². The van der Waals surface area contributed by atoms with Gasteiger partial charge < -0.3 is 24.3 Å². The molecule has 0 bridgehead atoms. The van der Waals surface area contributed by atoms with Crippen molar-refractivity contribution in [1.29, 1.82) is 0 Å². The molecule has 1 heterocycles. The van der Waals surface area contributed by atoms with Crippen molar-refractivity contribution >= 4 is 17.6 Å². The Kier molecular flexibility index (Phi) is 7.52. The van der Waals surface area contributed by atoms with E-state index in [2.05, 4.69) is 10.4 Å². The zero-order chi connectivity index (χ0) is 24.8. The quantitative estimate of drug-likeness (QED) is 0.503. The number of benzene rings is 2. The number of methoxy groups -OCH3 is 3. The number of aryl methyl sites for hydroxylation is 1. The number of nitrogens with one attached hydrogen (secondary N) is 1. The smallest absolute Gasteiger partial charge is 0.360 e. The van der Waals surface area contributed by atoms with Gasteiger partial charge in [0.2, 0.25) is 5.75 Å². The molecule has 0 aliphatic rings. The van der Waals surface area contributed by atoms with E-state index in [0.29, 0.717) is 11.4 Å². The Morgan fingerprint density at radius 3 is 2.21 bits per heavy atom. The van der Waals surface area contributed by atoms with E-state index in [9.17, 15) is 14.4 Å². The fourth-order valence-corrected chi connectivity index (χ4v) is 3.28. The van der Waals surface area contributed by atoms with Crippen molar-refractivity contribution in [3.63, 3.8) is 0 Å². The summed E-state index contributed by atoms with van der Waals surface area (Å²) in [5, 5.41) is 6.78. The lowest BCUT2D eigenvalue weighted by Crippen LogP contribution is -2.27. The minimum absolute atomic E-state index is 0.0876. The molecular formula is C24H25N3O7. The van der Waals surface area contributed by atoms with Crippen LogP contribution in [0.15, 0.2) is 47.3 Å². The number of amides is 1. The maximum Gasteiger partial charge on any atom is 0.360 e. The van der Waals surface area contributed by atoms with Crippen LogP contribution in [0, 0.1) is 6.92 Å². The van der Waals surface area contributed by atoms with E-state index in [4.69, 9.17) is 18.9 Å². The van der Waals surface area contributed by atoms with Gasteiger partial charge in [-0.2, -0.15) is 9.78 Å². The molecule has 0 spiro atoms. The maximum atomic E-state index is 13.1. The van der Waals surface area contributed by atoms with Gasteiger partial charge in [0.05, 0.1) is 39.3 Å². The summed E-state index contributed by atoms with van der Waals surface area (Å²) in [6, 6.07) is 11.1. The lowest BCUT2D eigenvalue weighted by Gasteiger charge is -2.15. The number of hydrogen-bond acceptors (Lipinski definition) is 8. The first-order valence-corrected chi connectivity index (χ1v) is 10.3. The van der Waals surface area contributed by atoms with Crippen LogP contribution in [0.4, 0.5) is 5.69 Å². The Hall–Kier alpha value is -4.34. The highest BCUT2D eigenvalue weighted by Gasteiger charge is 2.23. The van der Waals surface area contributed by atoms with Gasteiger partial charge in [-0.1, -0.05) is 18.2 Å². The summed E-state index contributed by atoms with van der Waals surface area (Å²) >= 11 is 0. The molecule has 0 fully saturated rings. The van der Waals surface area contributed by atoms with Crippen LogP contribution in [0.3, 0.4) is 0 Å². The number of aromatic nitrogens is 2. The molecule has 3 rings (SSSR count). The molecule has 0 saturated carbocycles. The normalized spacial score (nSPS) is 10.4. The molecular weight excluding hydrogens is 442 g/mol. The van der Waals surface area contributed by atoms with Crippen LogP contribution >= 0.6 is 0 Å². The monoisotopic (exact) mass is 467 g/mol. The second-order valence-corrected chi connectivity index (χ2v) is 7.03. The Balaban J connectivity index is 2.08. The van der Waals surface area contributed by atoms with E-state index < -0.39 is 17.4 Å². The number of rotatable bonds is 8. The van der Waals surface area contributed by atoms with Gasteiger partial charge in [0, 0.05) is 11.6 Å². The van der Waals surface area contributed by atoms with E-state index in [1.165, 1.54) is 33.5 Å². The zero-order valence-corrected chi connectivity index (χ0v) is 19.5. The van der Waals surface area contributed by atoms with Crippen LogP contribution in [0.2, 0.25) is 0 Å². The maximum absolute atomic E-state index is 13.1. The van der Waals surface area contributed by atoms with Gasteiger partial charge in [0.15, 0.2) is 17.2 Å². The molecule has 0 aliphatic carbocycles.